The maximum atomic E-state index is 14.7. The summed E-state index contributed by atoms with van der Waals surface area (Å²) in [5.41, 5.74) is -2.66. The van der Waals surface area contributed by atoms with E-state index in [0.717, 1.165) is 11.1 Å². The summed E-state index contributed by atoms with van der Waals surface area (Å²) in [6.45, 7) is 5.47. The molecular weight excluding hydrogens is 833 g/mol. The van der Waals surface area contributed by atoms with E-state index >= 15 is 0 Å². The zero-order chi connectivity index (χ0) is 46.0. The molecule has 13 nitrogen and oxygen atoms in total. The largest absolute Gasteiger partial charge is 0.497 e. The summed E-state index contributed by atoms with van der Waals surface area (Å²) in [4.78, 5) is 43.7. The summed E-state index contributed by atoms with van der Waals surface area (Å²) in [5, 5.41) is 37.2. The number of ether oxygens (including phenoxy) is 7. The van der Waals surface area contributed by atoms with Crippen molar-refractivity contribution in [2.75, 3.05) is 7.11 Å². The molecule has 0 aromatic heterocycles. The molecule has 0 spiro atoms. The lowest BCUT2D eigenvalue weighted by Gasteiger charge is -2.50. The third-order valence-corrected chi connectivity index (χ3v) is 11.9. The number of rotatable bonds is 20. The third kappa shape index (κ3) is 10.1. The van der Waals surface area contributed by atoms with Crippen molar-refractivity contribution in [1.29, 1.82) is 0 Å². The highest BCUT2D eigenvalue weighted by Crippen LogP contribution is 2.56. The molecule has 7 rings (SSSR count). The van der Waals surface area contributed by atoms with Crippen molar-refractivity contribution in [2.24, 2.45) is 5.92 Å². The number of esters is 3. The van der Waals surface area contributed by atoms with Gasteiger partial charge in [0, 0.05) is 6.42 Å². The summed E-state index contributed by atoms with van der Waals surface area (Å²) < 4.78 is 41.5. The van der Waals surface area contributed by atoms with Gasteiger partial charge in [-0.05, 0) is 64.3 Å². The van der Waals surface area contributed by atoms with Gasteiger partial charge in [-0.15, -0.1) is 0 Å². The Labute approximate surface area is 378 Å². The number of methoxy groups -OCH3 is 1. The molecule has 0 saturated carbocycles. The lowest BCUT2D eigenvalue weighted by atomic mass is 9.74. The minimum absolute atomic E-state index is 0.0198. The van der Waals surface area contributed by atoms with Gasteiger partial charge in [-0.1, -0.05) is 147 Å². The number of carbonyl (C=O) groups excluding carboxylic acids is 3. The first-order chi connectivity index (χ1) is 31.4. The predicted octanol–water partition coefficient (Wildman–Crippen LogP) is 6.34. The van der Waals surface area contributed by atoms with Crippen LogP contribution in [0.2, 0.25) is 0 Å². The Hall–Kier alpha value is -6.19. The minimum Gasteiger partial charge on any atom is -0.497 e. The van der Waals surface area contributed by atoms with Gasteiger partial charge in [0.25, 0.3) is 0 Å². The molecule has 340 valence electrons. The van der Waals surface area contributed by atoms with Crippen LogP contribution in [0.15, 0.2) is 158 Å². The average molecular weight is 887 g/mol. The molecule has 2 bridgehead atoms. The van der Waals surface area contributed by atoms with E-state index in [1.807, 2.05) is 61.5 Å². The molecule has 2 saturated heterocycles. The molecule has 0 amide bonds. The van der Waals surface area contributed by atoms with Gasteiger partial charge in [0.15, 0.2) is 5.79 Å². The van der Waals surface area contributed by atoms with Crippen molar-refractivity contribution in [3.8, 4) is 5.75 Å². The Bertz CT molecular complexity index is 2360. The number of benzene rings is 5. The van der Waals surface area contributed by atoms with Gasteiger partial charge >= 0.3 is 17.9 Å². The van der Waals surface area contributed by atoms with Crippen LogP contribution in [0, 0.1) is 5.92 Å². The lowest BCUT2D eigenvalue weighted by molar-refractivity contribution is -0.376. The van der Waals surface area contributed by atoms with E-state index < -0.39 is 72.5 Å². The van der Waals surface area contributed by atoms with E-state index in [0.29, 0.717) is 34.4 Å². The van der Waals surface area contributed by atoms with Gasteiger partial charge in [0.2, 0.25) is 17.3 Å². The maximum Gasteiger partial charge on any atom is 0.345 e. The zero-order valence-corrected chi connectivity index (χ0v) is 36.3. The highest BCUT2D eigenvalue weighted by Gasteiger charge is 2.85. The topological polar surface area (TPSA) is 177 Å². The summed E-state index contributed by atoms with van der Waals surface area (Å²) in [6.07, 6.45) is -7.34. The summed E-state index contributed by atoms with van der Waals surface area (Å²) in [7, 11) is 1.59. The second-order valence-corrected chi connectivity index (χ2v) is 16.4. The van der Waals surface area contributed by atoms with Crippen molar-refractivity contribution in [3.63, 3.8) is 0 Å². The maximum absolute atomic E-state index is 14.7. The van der Waals surface area contributed by atoms with E-state index in [9.17, 15) is 29.7 Å². The van der Waals surface area contributed by atoms with Crippen molar-refractivity contribution >= 4 is 17.9 Å². The van der Waals surface area contributed by atoms with Crippen molar-refractivity contribution in [1.82, 2.24) is 0 Å². The van der Waals surface area contributed by atoms with Gasteiger partial charge in [-0.2, -0.15) is 0 Å². The highest BCUT2D eigenvalue weighted by molar-refractivity contribution is 5.99. The fourth-order valence-electron chi connectivity index (χ4n) is 8.42. The lowest BCUT2D eigenvalue weighted by Crippen LogP contribution is -2.78. The number of hydrogen-bond acceptors (Lipinski definition) is 13. The number of fused-ring (bicyclic) bond motifs is 2. The standard InChI is InChI=1S/C52H54O13/c1-35(43(36(2)30-37-16-8-4-9-17-37)60-31-41-24-26-42(59-3)27-25-41)28-29-50-44(53)45(54)52(65-50,49(57)63-34-40-22-14-7-15-23-40)51(58,48(56)62-33-39-20-12-6-13-21-39)46(64-50)47(55)61-32-38-18-10-5-11-19-38/h4-27,36,43-46,53-54,58H,1,28-34H2,2-3H3/t36-,43-,44-,45-,46-,50+,51-,52+/m1/s1. The first-order valence-corrected chi connectivity index (χ1v) is 21.5. The molecule has 0 aliphatic carbocycles. The predicted molar refractivity (Wildman–Crippen MR) is 236 cm³/mol. The number of aliphatic hydroxyl groups excluding tert-OH is 2. The molecule has 5 aromatic carbocycles. The van der Waals surface area contributed by atoms with E-state index in [1.54, 1.807) is 98.1 Å². The Morgan fingerprint density at radius 1 is 0.646 bits per heavy atom. The Balaban J connectivity index is 1.24. The molecule has 0 radical (unpaired) electrons. The van der Waals surface area contributed by atoms with Crippen LogP contribution in [0.4, 0.5) is 0 Å². The quantitative estimate of drug-likeness (QED) is 0.0449. The summed E-state index contributed by atoms with van der Waals surface area (Å²) in [6, 6.07) is 42.9. The monoisotopic (exact) mass is 886 g/mol. The Kier molecular flexibility index (Phi) is 14.9. The summed E-state index contributed by atoms with van der Waals surface area (Å²) >= 11 is 0. The van der Waals surface area contributed by atoms with E-state index in [-0.39, 0.29) is 32.0 Å². The molecule has 2 aliphatic heterocycles. The van der Waals surface area contributed by atoms with Crippen molar-refractivity contribution in [2.45, 2.75) is 94.0 Å². The highest BCUT2D eigenvalue weighted by atomic mass is 16.8. The summed E-state index contributed by atoms with van der Waals surface area (Å²) in [5.74, 6) is -6.24. The van der Waals surface area contributed by atoms with E-state index in [2.05, 4.69) is 6.58 Å². The fourth-order valence-corrected chi connectivity index (χ4v) is 8.42. The average Bonchev–Trinajstić information content (AvgIpc) is 3.54. The van der Waals surface area contributed by atoms with Gasteiger partial charge in [0.1, 0.15) is 37.8 Å². The van der Waals surface area contributed by atoms with Crippen LogP contribution >= 0.6 is 0 Å². The molecule has 13 heteroatoms. The van der Waals surface area contributed by atoms with Crippen LogP contribution in [0.1, 0.15) is 47.6 Å². The fraction of sp³-hybridized carbons (Fsp3) is 0.327. The van der Waals surface area contributed by atoms with Crippen LogP contribution in [0.25, 0.3) is 0 Å². The van der Waals surface area contributed by atoms with Crippen LogP contribution < -0.4 is 4.74 Å². The molecule has 5 aromatic rings. The second kappa shape index (κ2) is 20.8. The van der Waals surface area contributed by atoms with E-state index in [1.165, 1.54) is 0 Å². The van der Waals surface area contributed by atoms with Gasteiger partial charge < -0.3 is 48.5 Å². The normalized spacial score (nSPS) is 24.3. The molecule has 2 aliphatic rings. The van der Waals surface area contributed by atoms with Crippen LogP contribution in [-0.2, 0) is 75.7 Å². The Morgan fingerprint density at radius 3 is 1.65 bits per heavy atom. The molecule has 2 fully saturated rings. The third-order valence-electron chi connectivity index (χ3n) is 11.9. The van der Waals surface area contributed by atoms with E-state index in [4.69, 9.17) is 33.2 Å². The van der Waals surface area contributed by atoms with Crippen LogP contribution in [0.5, 0.6) is 5.75 Å². The van der Waals surface area contributed by atoms with Crippen molar-refractivity contribution < 1.29 is 62.9 Å². The number of carbonyl (C=O) groups is 3. The zero-order valence-electron chi connectivity index (χ0n) is 36.3. The first-order valence-electron chi connectivity index (χ1n) is 21.5. The smallest absolute Gasteiger partial charge is 0.345 e. The molecule has 3 N–H and O–H groups in total. The number of aliphatic hydroxyl groups is 3. The number of hydrogen-bond donors (Lipinski definition) is 3. The molecule has 2 heterocycles. The molecule has 0 unspecified atom stereocenters. The second-order valence-electron chi connectivity index (χ2n) is 16.4. The molecule has 8 atom stereocenters. The molecule has 65 heavy (non-hydrogen) atoms. The minimum atomic E-state index is -3.49. The van der Waals surface area contributed by atoms with Crippen LogP contribution in [-0.4, -0.2) is 81.7 Å². The first kappa shape index (κ1) is 46.8. The van der Waals surface area contributed by atoms with Crippen LogP contribution in [0.3, 0.4) is 0 Å². The molecular formula is C52H54O13. The van der Waals surface area contributed by atoms with Gasteiger partial charge in [0.05, 0.1) is 19.8 Å². The van der Waals surface area contributed by atoms with Gasteiger partial charge in [-0.25, -0.2) is 14.4 Å². The Morgan fingerprint density at radius 2 is 1.12 bits per heavy atom. The van der Waals surface area contributed by atoms with Gasteiger partial charge in [-0.3, -0.25) is 0 Å². The van der Waals surface area contributed by atoms with Crippen molar-refractivity contribution in [3.05, 3.63) is 186 Å². The SMILES string of the molecule is C=C(CC[C@]12O[C@H](C(=O)OCc3ccccc3)[C@@](O)(C(=O)OCc3ccccc3)[C@](C(=O)OCc3ccccc3)(O1)[C@H](O)[C@H]2O)[C@@H](OCc1ccc(OC)cc1)[C@H](C)Cc1ccccc1.